The first-order chi connectivity index (χ1) is 5.06. The van der Waals surface area contributed by atoms with Crippen LogP contribution in [0, 0.1) is 0 Å². The van der Waals surface area contributed by atoms with Crippen molar-refractivity contribution in [1.29, 1.82) is 0 Å². The third-order valence-electron chi connectivity index (χ3n) is 1.17. The van der Waals surface area contributed by atoms with Crippen molar-refractivity contribution in [1.82, 2.24) is 0 Å². The van der Waals surface area contributed by atoms with E-state index in [-0.39, 0.29) is 43.6 Å². The van der Waals surface area contributed by atoms with E-state index in [2.05, 4.69) is 13.2 Å². The number of hydrogen-bond donors (Lipinski definition) is 0. The second-order valence-corrected chi connectivity index (χ2v) is 2.97. The van der Waals surface area contributed by atoms with Gasteiger partial charge in [0.05, 0.1) is 0 Å². The van der Waals surface area contributed by atoms with E-state index in [0.29, 0.717) is 12.8 Å². The molecule has 0 saturated carbocycles. The Morgan fingerprint density at radius 3 is 1.31 bits per heavy atom. The zero-order valence-corrected chi connectivity index (χ0v) is 11.3. The molecule has 0 aliphatic rings. The third-order valence-corrected chi connectivity index (χ3v) is 1.17. The Labute approximate surface area is 111 Å². The van der Waals surface area contributed by atoms with Crippen molar-refractivity contribution in [2.24, 2.45) is 0 Å². The largest absolute Gasteiger partial charge is 0.412 e. The van der Waals surface area contributed by atoms with Gasteiger partial charge in [-0.1, -0.05) is 24.3 Å². The summed E-state index contributed by atoms with van der Waals surface area (Å²) in [5.41, 5.74) is 2.72. The third kappa shape index (κ3) is 23.4. The van der Waals surface area contributed by atoms with Crippen LogP contribution in [0.1, 0.15) is 26.7 Å². The Morgan fingerprint density at radius 1 is 0.938 bits per heavy atom. The standard InChI is InChI=1S/C10H14O.4H2O.Ti/c1-8(2)5-10(7-11)6-9(3)4;;;;;/h1,3,5-6H2,2,4H3;4*1H2;. The zero-order valence-electron chi connectivity index (χ0n) is 9.74. The van der Waals surface area contributed by atoms with Crippen molar-refractivity contribution >= 4 is 5.94 Å². The predicted molar refractivity (Wildman–Crippen MR) is 62.5 cm³/mol. The summed E-state index contributed by atoms with van der Waals surface area (Å²) in [6.45, 7) is 11.2. The minimum atomic E-state index is 0. The average molecular weight is 270 g/mol. The first kappa shape index (κ1) is 36.1. The summed E-state index contributed by atoms with van der Waals surface area (Å²) >= 11 is 0. The molecule has 0 aliphatic carbocycles. The average Bonchev–Trinajstić information content (AvgIpc) is 1.84. The molecule has 0 aliphatic heterocycles. The molecule has 16 heavy (non-hydrogen) atoms. The van der Waals surface area contributed by atoms with Gasteiger partial charge in [-0.25, -0.2) is 4.79 Å². The molecule has 0 amide bonds. The van der Waals surface area contributed by atoms with Crippen molar-refractivity contribution < 1.29 is 48.4 Å². The van der Waals surface area contributed by atoms with E-state index in [0.717, 1.165) is 16.7 Å². The fourth-order valence-corrected chi connectivity index (χ4v) is 0.863. The second kappa shape index (κ2) is 20.0. The number of allylic oxidation sites excluding steroid dienone is 3. The van der Waals surface area contributed by atoms with Gasteiger partial charge in [0.25, 0.3) is 0 Å². The molecule has 0 bridgehead atoms. The van der Waals surface area contributed by atoms with Crippen molar-refractivity contribution in [2.75, 3.05) is 0 Å². The second-order valence-electron chi connectivity index (χ2n) is 2.97. The molecule has 0 atom stereocenters. The molecule has 0 aromatic rings. The Balaban J connectivity index is -0.0000000500. The van der Waals surface area contributed by atoms with Gasteiger partial charge in [-0.05, 0) is 26.7 Å². The molecular weight excluding hydrogens is 248 g/mol. The fraction of sp³-hybridized carbons (Fsp3) is 0.400. The molecule has 0 saturated heterocycles. The maximum atomic E-state index is 10.3. The quantitative estimate of drug-likeness (QED) is 0.374. The molecule has 0 aromatic heterocycles. The molecule has 0 rings (SSSR count). The molecular formula is C10H22O5Ti. The van der Waals surface area contributed by atoms with Crippen LogP contribution in [0.15, 0.2) is 29.9 Å². The van der Waals surface area contributed by atoms with E-state index in [1.807, 2.05) is 19.8 Å². The van der Waals surface area contributed by atoms with Crippen LogP contribution in [0.5, 0.6) is 0 Å². The molecule has 0 heterocycles. The van der Waals surface area contributed by atoms with Gasteiger partial charge in [-0.2, -0.15) is 0 Å². The van der Waals surface area contributed by atoms with Gasteiger partial charge in [-0.3, -0.25) is 0 Å². The summed E-state index contributed by atoms with van der Waals surface area (Å²) in [7, 11) is 0. The Morgan fingerprint density at radius 2 is 1.19 bits per heavy atom. The van der Waals surface area contributed by atoms with Crippen molar-refractivity contribution in [3.8, 4) is 0 Å². The summed E-state index contributed by atoms with van der Waals surface area (Å²) in [6.07, 6.45) is 1.30. The van der Waals surface area contributed by atoms with Crippen LogP contribution in [0.4, 0.5) is 0 Å². The molecule has 0 spiro atoms. The van der Waals surface area contributed by atoms with E-state index < -0.39 is 0 Å². The fourth-order valence-electron chi connectivity index (χ4n) is 0.863. The molecule has 96 valence electrons. The number of hydrogen-bond acceptors (Lipinski definition) is 1. The smallest absolute Gasteiger partial charge is 0.124 e. The van der Waals surface area contributed by atoms with Crippen LogP contribution in [0.3, 0.4) is 0 Å². The minimum absolute atomic E-state index is 0. The maximum Gasteiger partial charge on any atom is 0.124 e. The summed E-state index contributed by atoms with van der Waals surface area (Å²) in [5, 5.41) is 0. The van der Waals surface area contributed by atoms with Crippen LogP contribution >= 0.6 is 0 Å². The van der Waals surface area contributed by atoms with Gasteiger partial charge in [0.1, 0.15) is 5.94 Å². The van der Waals surface area contributed by atoms with Crippen molar-refractivity contribution in [2.45, 2.75) is 26.7 Å². The summed E-state index contributed by atoms with van der Waals surface area (Å²) in [5.74, 6) is 1.91. The zero-order chi connectivity index (χ0) is 8.85. The Bertz CT molecular complexity index is 213. The predicted octanol–water partition coefficient (Wildman–Crippen LogP) is -0.625. The van der Waals surface area contributed by atoms with Gasteiger partial charge in [0.2, 0.25) is 0 Å². The van der Waals surface area contributed by atoms with Crippen LogP contribution in [0.2, 0.25) is 0 Å². The molecule has 6 heteroatoms. The maximum absolute atomic E-state index is 10.3. The van der Waals surface area contributed by atoms with E-state index in [4.69, 9.17) is 0 Å². The van der Waals surface area contributed by atoms with E-state index in [1.165, 1.54) is 0 Å². The van der Waals surface area contributed by atoms with Gasteiger partial charge >= 0.3 is 0 Å². The van der Waals surface area contributed by atoms with Gasteiger partial charge < -0.3 is 21.9 Å². The van der Waals surface area contributed by atoms with Crippen LogP contribution in [-0.4, -0.2) is 27.8 Å². The van der Waals surface area contributed by atoms with E-state index in [1.54, 1.807) is 0 Å². The molecule has 0 fully saturated rings. The van der Waals surface area contributed by atoms with Crippen LogP contribution < -0.4 is 0 Å². The molecule has 8 N–H and O–H groups in total. The SMILES string of the molecule is C=C(C)CC(=C=O)CC(=C)C.O.O.O.O.[Ti]. The summed E-state index contributed by atoms with van der Waals surface area (Å²) in [4.78, 5) is 10.3. The summed E-state index contributed by atoms with van der Waals surface area (Å²) in [6, 6.07) is 0. The molecule has 0 radical (unpaired) electrons. The summed E-state index contributed by atoms with van der Waals surface area (Å²) < 4.78 is 0. The minimum Gasteiger partial charge on any atom is -0.412 e. The van der Waals surface area contributed by atoms with Gasteiger partial charge in [-0.15, -0.1) is 0 Å². The number of rotatable bonds is 4. The Hall–Kier alpha value is -0.516. The van der Waals surface area contributed by atoms with Gasteiger partial charge in [0, 0.05) is 27.3 Å². The Kier molecular flexibility index (Phi) is 45.1. The van der Waals surface area contributed by atoms with E-state index >= 15 is 0 Å². The van der Waals surface area contributed by atoms with Gasteiger partial charge in [0.15, 0.2) is 0 Å². The molecule has 0 aromatic carbocycles. The molecule has 0 unspecified atom stereocenters. The normalized spacial score (nSPS) is 5.88. The van der Waals surface area contributed by atoms with Crippen molar-refractivity contribution in [3.05, 3.63) is 29.9 Å². The first-order valence-electron chi connectivity index (χ1n) is 3.58. The first-order valence-corrected chi connectivity index (χ1v) is 3.58. The topological polar surface area (TPSA) is 143 Å². The van der Waals surface area contributed by atoms with Crippen molar-refractivity contribution in [3.63, 3.8) is 0 Å². The molecule has 5 nitrogen and oxygen atoms in total. The van der Waals surface area contributed by atoms with Crippen LogP contribution in [-0.2, 0) is 26.5 Å². The van der Waals surface area contributed by atoms with Crippen LogP contribution in [0.25, 0.3) is 0 Å². The van der Waals surface area contributed by atoms with E-state index in [9.17, 15) is 4.79 Å². The number of carbonyl (C=O) groups excluding carboxylic acids is 1. The monoisotopic (exact) mass is 270 g/mol.